The molecule has 0 saturated carbocycles. The molecule has 0 aliphatic carbocycles. The summed E-state index contributed by atoms with van der Waals surface area (Å²) in [5, 5.41) is 12.4. The van der Waals surface area contributed by atoms with Crippen molar-refractivity contribution in [1.29, 1.82) is 0 Å². The SMILES string of the molecule is Cc1nn(CCC(=O)O)cc1N. The zero-order valence-corrected chi connectivity index (χ0v) is 6.82. The van der Waals surface area contributed by atoms with Crippen molar-refractivity contribution < 1.29 is 9.90 Å². The maximum Gasteiger partial charge on any atom is 0.305 e. The van der Waals surface area contributed by atoms with Crippen LogP contribution in [0.1, 0.15) is 12.1 Å². The highest BCUT2D eigenvalue weighted by molar-refractivity contribution is 5.66. The second-order valence-electron chi connectivity index (χ2n) is 2.58. The lowest BCUT2D eigenvalue weighted by Crippen LogP contribution is -2.04. The molecule has 1 aromatic rings. The Bertz CT molecular complexity index is 273. The van der Waals surface area contributed by atoms with Crippen molar-refractivity contribution in [1.82, 2.24) is 9.78 Å². The lowest BCUT2D eigenvalue weighted by Gasteiger charge is -1.95. The Balaban J connectivity index is 2.58. The monoisotopic (exact) mass is 169 g/mol. The van der Waals surface area contributed by atoms with E-state index in [-0.39, 0.29) is 6.42 Å². The minimum absolute atomic E-state index is 0.0700. The summed E-state index contributed by atoms with van der Waals surface area (Å²) < 4.78 is 1.54. The molecule has 0 aliphatic heterocycles. The molecular weight excluding hydrogens is 158 g/mol. The van der Waals surface area contributed by atoms with Gasteiger partial charge in [-0.1, -0.05) is 0 Å². The van der Waals surface area contributed by atoms with Crippen LogP contribution in [0, 0.1) is 6.92 Å². The average molecular weight is 169 g/mol. The number of aromatic nitrogens is 2. The maximum atomic E-state index is 10.2. The van der Waals surface area contributed by atoms with Crippen LogP contribution in [0.2, 0.25) is 0 Å². The van der Waals surface area contributed by atoms with E-state index >= 15 is 0 Å². The number of aliphatic carboxylic acids is 1. The number of carbonyl (C=O) groups is 1. The summed E-state index contributed by atoms with van der Waals surface area (Å²) in [6, 6.07) is 0. The van der Waals surface area contributed by atoms with E-state index in [0.717, 1.165) is 5.69 Å². The molecule has 0 unspecified atom stereocenters. The van der Waals surface area contributed by atoms with E-state index in [2.05, 4.69) is 5.10 Å². The number of carboxylic acids is 1. The molecule has 0 aromatic carbocycles. The lowest BCUT2D eigenvalue weighted by atomic mass is 10.4. The molecular formula is C7H11N3O2. The first-order chi connectivity index (χ1) is 5.59. The molecule has 0 aliphatic rings. The molecule has 0 saturated heterocycles. The summed E-state index contributed by atoms with van der Waals surface area (Å²) >= 11 is 0. The fraction of sp³-hybridized carbons (Fsp3) is 0.429. The average Bonchev–Trinajstić information content (AvgIpc) is 2.28. The number of carboxylic acid groups (broad SMARTS) is 1. The highest BCUT2D eigenvalue weighted by Gasteiger charge is 2.02. The van der Waals surface area contributed by atoms with Gasteiger partial charge < -0.3 is 10.8 Å². The van der Waals surface area contributed by atoms with Gasteiger partial charge in [-0.25, -0.2) is 0 Å². The molecule has 66 valence electrons. The summed E-state index contributed by atoms with van der Waals surface area (Å²) in [6.07, 6.45) is 1.71. The van der Waals surface area contributed by atoms with Crippen molar-refractivity contribution in [3.63, 3.8) is 0 Å². The van der Waals surface area contributed by atoms with Crippen LogP contribution in [-0.2, 0) is 11.3 Å². The Morgan fingerprint density at radius 3 is 2.92 bits per heavy atom. The molecule has 5 heteroatoms. The highest BCUT2D eigenvalue weighted by atomic mass is 16.4. The minimum Gasteiger partial charge on any atom is -0.481 e. The first-order valence-corrected chi connectivity index (χ1v) is 3.61. The molecule has 1 rings (SSSR count). The Labute approximate surface area is 69.8 Å². The zero-order chi connectivity index (χ0) is 9.14. The molecule has 0 spiro atoms. The van der Waals surface area contributed by atoms with Gasteiger partial charge in [0.2, 0.25) is 0 Å². The van der Waals surface area contributed by atoms with Gasteiger partial charge in [0.15, 0.2) is 0 Å². The van der Waals surface area contributed by atoms with Crippen LogP contribution in [0.3, 0.4) is 0 Å². The standard InChI is InChI=1S/C7H11N3O2/c1-5-6(8)4-10(9-5)3-2-7(11)12/h4H,2-3,8H2,1H3,(H,11,12). The molecule has 5 nitrogen and oxygen atoms in total. The van der Waals surface area contributed by atoms with Crippen molar-refractivity contribution in [2.24, 2.45) is 0 Å². The second kappa shape index (κ2) is 3.25. The van der Waals surface area contributed by atoms with Crippen LogP contribution in [0.5, 0.6) is 0 Å². The summed E-state index contributed by atoms with van der Waals surface area (Å²) in [7, 11) is 0. The summed E-state index contributed by atoms with van der Waals surface area (Å²) in [4.78, 5) is 10.2. The topological polar surface area (TPSA) is 81.1 Å². The minimum atomic E-state index is -0.832. The maximum absolute atomic E-state index is 10.2. The summed E-state index contributed by atoms with van der Waals surface area (Å²) in [5.41, 5.74) is 6.85. The van der Waals surface area contributed by atoms with E-state index in [1.165, 1.54) is 0 Å². The number of nitrogens with zero attached hydrogens (tertiary/aromatic N) is 2. The van der Waals surface area contributed by atoms with Gasteiger partial charge in [0, 0.05) is 6.20 Å². The van der Waals surface area contributed by atoms with Gasteiger partial charge in [-0.2, -0.15) is 5.10 Å². The van der Waals surface area contributed by atoms with Gasteiger partial charge >= 0.3 is 5.97 Å². The number of anilines is 1. The molecule has 0 fully saturated rings. The van der Waals surface area contributed by atoms with E-state index in [1.54, 1.807) is 17.8 Å². The van der Waals surface area contributed by atoms with Gasteiger partial charge in [0.25, 0.3) is 0 Å². The largest absolute Gasteiger partial charge is 0.481 e. The number of nitrogens with two attached hydrogens (primary N) is 1. The predicted octanol–water partition coefficient (Wildman–Crippen LogP) is 0.248. The quantitative estimate of drug-likeness (QED) is 0.679. The van der Waals surface area contributed by atoms with Crippen molar-refractivity contribution in [3.05, 3.63) is 11.9 Å². The fourth-order valence-corrected chi connectivity index (χ4v) is 0.858. The predicted molar refractivity (Wildman–Crippen MR) is 43.6 cm³/mol. The van der Waals surface area contributed by atoms with Crippen LogP contribution in [-0.4, -0.2) is 20.9 Å². The summed E-state index contributed by atoms with van der Waals surface area (Å²) in [6.45, 7) is 2.15. The van der Waals surface area contributed by atoms with Gasteiger partial charge in [-0.15, -0.1) is 0 Å². The van der Waals surface area contributed by atoms with Crippen LogP contribution < -0.4 is 5.73 Å². The number of aryl methyl sites for hydroxylation is 2. The lowest BCUT2D eigenvalue weighted by molar-refractivity contribution is -0.137. The highest BCUT2D eigenvalue weighted by Crippen LogP contribution is 2.06. The molecule has 1 aromatic heterocycles. The molecule has 3 N–H and O–H groups in total. The molecule has 0 radical (unpaired) electrons. The van der Waals surface area contributed by atoms with Crippen LogP contribution in [0.25, 0.3) is 0 Å². The van der Waals surface area contributed by atoms with E-state index < -0.39 is 5.97 Å². The number of hydrogen-bond acceptors (Lipinski definition) is 3. The van der Waals surface area contributed by atoms with Crippen molar-refractivity contribution >= 4 is 11.7 Å². The van der Waals surface area contributed by atoms with Gasteiger partial charge in [-0.05, 0) is 6.92 Å². The second-order valence-corrected chi connectivity index (χ2v) is 2.58. The van der Waals surface area contributed by atoms with Crippen LogP contribution >= 0.6 is 0 Å². The molecule has 12 heavy (non-hydrogen) atoms. The molecule has 0 amide bonds. The van der Waals surface area contributed by atoms with Crippen molar-refractivity contribution in [2.45, 2.75) is 19.9 Å². The first kappa shape index (κ1) is 8.58. The number of rotatable bonds is 3. The Kier molecular flexibility index (Phi) is 2.32. The van der Waals surface area contributed by atoms with Crippen molar-refractivity contribution in [3.8, 4) is 0 Å². The molecule has 1 heterocycles. The Hall–Kier alpha value is -1.52. The third-order valence-electron chi connectivity index (χ3n) is 1.54. The third kappa shape index (κ3) is 1.98. The van der Waals surface area contributed by atoms with E-state index in [1.807, 2.05) is 0 Å². The number of hydrogen-bond donors (Lipinski definition) is 2. The van der Waals surface area contributed by atoms with Crippen LogP contribution in [0.4, 0.5) is 5.69 Å². The first-order valence-electron chi connectivity index (χ1n) is 3.61. The van der Waals surface area contributed by atoms with E-state index in [9.17, 15) is 4.79 Å². The van der Waals surface area contributed by atoms with E-state index in [0.29, 0.717) is 12.2 Å². The van der Waals surface area contributed by atoms with Crippen LogP contribution in [0.15, 0.2) is 6.20 Å². The zero-order valence-electron chi connectivity index (χ0n) is 6.82. The fourth-order valence-electron chi connectivity index (χ4n) is 0.858. The third-order valence-corrected chi connectivity index (χ3v) is 1.54. The normalized spacial score (nSPS) is 10.1. The molecule has 0 bridgehead atoms. The van der Waals surface area contributed by atoms with Gasteiger partial charge in [0.05, 0.1) is 24.3 Å². The van der Waals surface area contributed by atoms with Gasteiger partial charge in [-0.3, -0.25) is 9.48 Å². The Morgan fingerprint density at radius 2 is 2.50 bits per heavy atom. The van der Waals surface area contributed by atoms with Gasteiger partial charge in [0.1, 0.15) is 0 Å². The number of nitrogen functional groups attached to an aromatic ring is 1. The Morgan fingerprint density at radius 1 is 1.83 bits per heavy atom. The molecule has 0 atom stereocenters. The van der Waals surface area contributed by atoms with Crippen molar-refractivity contribution in [2.75, 3.05) is 5.73 Å². The summed E-state index contributed by atoms with van der Waals surface area (Å²) in [5.74, 6) is -0.832. The smallest absolute Gasteiger partial charge is 0.305 e. The van der Waals surface area contributed by atoms with E-state index in [4.69, 9.17) is 10.8 Å².